The van der Waals surface area contributed by atoms with Crippen LogP contribution in [0, 0.1) is 5.92 Å². The maximum atomic E-state index is 12.8. The Hall–Kier alpha value is -3.39. The monoisotopic (exact) mass is 437 g/mol. The molecular weight excluding hydrogens is 414 g/mol. The molecule has 0 spiro atoms. The Morgan fingerprint density at radius 2 is 1.81 bits per heavy atom. The van der Waals surface area contributed by atoms with Crippen LogP contribution < -0.4 is 24.3 Å². The predicted octanol–water partition coefficient (Wildman–Crippen LogP) is 3.42. The van der Waals surface area contributed by atoms with Crippen LogP contribution in [0.5, 0.6) is 17.2 Å². The first-order chi connectivity index (χ1) is 15.0. The van der Waals surface area contributed by atoms with E-state index in [0.717, 1.165) is 16.9 Å². The third-order valence-corrected chi connectivity index (χ3v) is 5.54. The Bertz CT molecular complexity index is 1310. The fourth-order valence-corrected chi connectivity index (χ4v) is 3.92. The molecule has 0 saturated carbocycles. The minimum atomic E-state index is -0.203. The molecule has 0 aliphatic heterocycles. The molecule has 0 atom stereocenters. The van der Waals surface area contributed by atoms with Gasteiger partial charge in [-0.2, -0.15) is 9.50 Å². The molecule has 0 unspecified atom stereocenters. The summed E-state index contributed by atoms with van der Waals surface area (Å²) in [6.07, 6.45) is 1.80. The zero-order valence-corrected chi connectivity index (χ0v) is 18.6. The average molecular weight is 438 g/mol. The molecule has 4 aromatic rings. The molecule has 0 N–H and O–H groups in total. The molecule has 0 aliphatic carbocycles. The van der Waals surface area contributed by atoms with E-state index in [0.29, 0.717) is 39.3 Å². The van der Waals surface area contributed by atoms with Crippen LogP contribution in [0.2, 0.25) is 0 Å². The summed E-state index contributed by atoms with van der Waals surface area (Å²) in [7, 11) is 3.16. The Kier molecular flexibility index (Phi) is 5.90. The van der Waals surface area contributed by atoms with Crippen molar-refractivity contribution in [2.24, 2.45) is 5.92 Å². The summed E-state index contributed by atoms with van der Waals surface area (Å²) in [6.45, 7) is 4.87. The SMILES string of the molecule is COc1ccc(C=c2sc3nc(-c4ccc(OCC(C)C)cc4)nn3c2=O)cc1OC. The van der Waals surface area contributed by atoms with Crippen LogP contribution in [-0.4, -0.2) is 35.4 Å². The van der Waals surface area contributed by atoms with Gasteiger partial charge in [0.05, 0.1) is 25.4 Å². The van der Waals surface area contributed by atoms with Gasteiger partial charge in [-0.3, -0.25) is 4.79 Å². The van der Waals surface area contributed by atoms with E-state index in [1.807, 2.05) is 36.4 Å². The van der Waals surface area contributed by atoms with E-state index in [-0.39, 0.29) is 5.56 Å². The molecule has 2 heterocycles. The topological polar surface area (TPSA) is 75.0 Å². The summed E-state index contributed by atoms with van der Waals surface area (Å²) in [5, 5.41) is 4.41. The number of nitrogens with zero attached hydrogens (tertiary/aromatic N) is 3. The van der Waals surface area contributed by atoms with Gasteiger partial charge in [-0.05, 0) is 54.0 Å². The van der Waals surface area contributed by atoms with Gasteiger partial charge >= 0.3 is 0 Å². The van der Waals surface area contributed by atoms with E-state index in [1.165, 1.54) is 15.9 Å². The van der Waals surface area contributed by atoms with Gasteiger partial charge in [0, 0.05) is 5.56 Å². The Labute approximate surface area is 183 Å². The largest absolute Gasteiger partial charge is 0.493 e. The van der Waals surface area contributed by atoms with Gasteiger partial charge in [0.15, 0.2) is 17.3 Å². The number of ether oxygens (including phenoxy) is 3. The number of thiazole rings is 1. The van der Waals surface area contributed by atoms with Crippen LogP contribution >= 0.6 is 11.3 Å². The minimum absolute atomic E-state index is 0.203. The van der Waals surface area contributed by atoms with Crippen LogP contribution in [0.1, 0.15) is 19.4 Å². The van der Waals surface area contributed by atoms with E-state index in [1.54, 1.807) is 26.4 Å². The first-order valence-corrected chi connectivity index (χ1v) is 10.7. The lowest BCUT2D eigenvalue weighted by Crippen LogP contribution is -2.23. The molecule has 2 aromatic heterocycles. The van der Waals surface area contributed by atoms with Crippen molar-refractivity contribution >= 4 is 22.4 Å². The van der Waals surface area contributed by atoms with E-state index in [4.69, 9.17) is 14.2 Å². The van der Waals surface area contributed by atoms with E-state index in [2.05, 4.69) is 23.9 Å². The second kappa shape index (κ2) is 8.77. The van der Waals surface area contributed by atoms with Crippen molar-refractivity contribution < 1.29 is 14.2 Å². The zero-order chi connectivity index (χ0) is 22.0. The molecule has 31 heavy (non-hydrogen) atoms. The molecule has 0 fully saturated rings. The molecule has 0 aliphatic rings. The fourth-order valence-electron chi connectivity index (χ4n) is 3.01. The maximum Gasteiger partial charge on any atom is 0.291 e. The number of benzene rings is 2. The van der Waals surface area contributed by atoms with Gasteiger partial charge in [-0.15, -0.1) is 5.10 Å². The van der Waals surface area contributed by atoms with Gasteiger partial charge in [-0.1, -0.05) is 31.3 Å². The standard InChI is InChI=1S/C23H23N3O4S/c1-14(2)13-30-17-8-6-16(7-9-17)21-24-23-26(25-21)22(27)20(31-23)12-15-5-10-18(28-3)19(11-15)29-4/h5-12,14H,13H2,1-4H3. The minimum Gasteiger partial charge on any atom is -0.493 e. The Morgan fingerprint density at radius 1 is 1.06 bits per heavy atom. The number of methoxy groups -OCH3 is 2. The molecule has 2 aromatic carbocycles. The molecule has 8 heteroatoms. The Balaban J connectivity index is 1.63. The van der Waals surface area contributed by atoms with Crippen molar-refractivity contribution in [3.63, 3.8) is 0 Å². The number of aromatic nitrogens is 3. The first-order valence-electron chi connectivity index (χ1n) is 9.85. The third-order valence-electron chi connectivity index (χ3n) is 4.58. The molecule has 0 bridgehead atoms. The molecule has 4 rings (SSSR count). The fraction of sp³-hybridized carbons (Fsp3) is 0.261. The molecule has 0 saturated heterocycles. The van der Waals surface area contributed by atoms with Crippen LogP contribution in [0.3, 0.4) is 0 Å². The van der Waals surface area contributed by atoms with Crippen LogP contribution in [-0.2, 0) is 0 Å². The summed E-state index contributed by atoms with van der Waals surface area (Å²) in [6, 6.07) is 13.1. The first kappa shape index (κ1) is 20.9. The van der Waals surface area contributed by atoms with E-state index < -0.39 is 0 Å². The highest BCUT2D eigenvalue weighted by Crippen LogP contribution is 2.27. The lowest BCUT2D eigenvalue weighted by molar-refractivity contribution is 0.271. The second-order valence-corrected chi connectivity index (χ2v) is 8.40. The summed E-state index contributed by atoms with van der Waals surface area (Å²) < 4.78 is 18.2. The van der Waals surface area contributed by atoms with E-state index in [9.17, 15) is 4.79 Å². The summed E-state index contributed by atoms with van der Waals surface area (Å²) in [5.74, 6) is 3.01. The smallest absolute Gasteiger partial charge is 0.291 e. The molecule has 7 nitrogen and oxygen atoms in total. The van der Waals surface area contributed by atoms with Gasteiger partial charge in [-0.25, -0.2) is 0 Å². The van der Waals surface area contributed by atoms with Gasteiger partial charge in [0.2, 0.25) is 4.96 Å². The highest BCUT2D eigenvalue weighted by atomic mass is 32.1. The van der Waals surface area contributed by atoms with Crippen molar-refractivity contribution in [3.05, 3.63) is 62.9 Å². The number of hydrogen-bond donors (Lipinski definition) is 0. The van der Waals surface area contributed by atoms with Crippen molar-refractivity contribution in [2.75, 3.05) is 20.8 Å². The highest BCUT2D eigenvalue weighted by Gasteiger charge is 2.12. The van der Waals surface area contributed by atoms with E-state index >= 15 is 0 Å². The normalized spacial score (nSPS) is 12.0. The second-order valence-electron chi connectivity index (χ2n) is 7.39. The zero-order valence-electron chi connectivity index (χ0n) is 17.8. The van der Waals surface area contributed by atoms with Crippen molar-refractivity contribution in [2.45, 2.75) is 13.8 Å². The third kappa shape index (κ3) is 4.39. The maximum absolute atomic E-state index is 12.8. The van der Waals surface area contributed by atoms with Crippen molar-refractivity contribution in [1.82, 2.24) is 14.6 Å². The Morgan fingerprint density at radius 3 is 2.45 bits per heavy atom. The quantitative estimate of drug-likeness (QED) is 0.441. The number of hydrogen-bond acceptors (Lipinski definition) is 7. The highest BCUT2D eigenvalue weighted by molar-refractivity contribution is 7.15. The molecule has 0 amide bonds. The van der Waals surface area contributed by atoms with Crippen LogP contribution in [0.15, 0.2) is 47.3 Å². The average Bonchev–Trinajstić information content (AvgIpc) is 3.32. The van der Waals surface area contributed by atoms with Crippen molar-refractivity contribution in [3.8, 4) is 28.6 Å². The lowest BCUT2D eigenvalue weighted by Gasteiger charge is -2.08. The molecule has 0 radical (unpaired) electrons. The van der Waals surface area contributed by atoms with Gasteiger partial charge < -0.3 is 14.2 Å². The van der Waals surface area contributed by atoms with Crippen LogP contribution in [0.25, 0.3) is 22.4 Å². The lowest BCUT2D eigenvalue weighted by atomic mass is 10.2. The van der Waals surface area contributed by atoms with Crippen LogP contribution in [0.4, 0.5) is 0 Å². The summed E-state index contributed by atoms with van der Waals surface area (Å²) in [4.78, 5) is 17.9. The summed E-state index contributed by atoms with van der Waals surface area (Å²) in [5.41, 5.74) is 1.46. The predicted molar refractivity (Wildman–Crippen MR) is 121 cm³/mol. The number of rotatable bonds is 7. The molecular formula is C23H23N3O4S. The van der Waals surface area contributed by atoms with Crippen molar-refractivity contribution in [1.29, 1.82) is 0 Å². The summed E-state index contributed by atoms with van der Waals surface area (Å²) >= 11 is 1.30. The van der Waals surface area contributed by atoms with Gasteiger partial charge in [0.1, 0.15) is 5.75 Å². The van der Waals surface area contributed by atoms with Gasteiger partial charge in [0.25, 0.3) is 5.56 Å². The number of fused-ring (bicyclic) bond motifs is 1. The molecule has 160 valence electrons.